The fourth-order valence-corrected chi connectivity index (χ4v) is 3.16. The summed E-state index contributed by atoms with van der Waals surface area (Å²) in [5, 5.41) is 9.52. The zero-order valence-corrected chi connectivity index (χ0v) is 12.6. The van der Waals surface area contributed by atoms with Crippen molar-refractivity contribution in [3.05, 3.63) is 16.7 Å². The molecule has 0 unspecified atom stereocenters. The van der Waals surface area contributed by atoms with Gasteiger partial charge in [0.2, 0.25) is 5.95 Å². The summed E-state index contributed by atoms with van der Waals surface area (Å²) in [4.78, 5) is 22.5. The summed E-state index contributed by atoms with van der Waals surface area (Å²) in [6.45, 7) is 3.38. The molecule has 0 spiro atoms. The number of nitrogen functional groups attached to an aromatic ring is 1. The van der Waals surface area contributed by atoms with Gasteiger partial charge in [-0.1, -0.05) is 0 Å². The smallest absolute Gasteiger partial charge is 0.280 e. The molecule has 10 nitrogen and oxygen atoms in total. The van der Waals surface area contributed by atoms with Crippen molar-refractivity contribution in [1.82, 2.24) is 19.5 Å². The number of imidazole rings is 1. The van der Waals surface area contributed by atoms with Gasteiger partial charge in [-0.25, -0.2) is 4.98 Å². The van der Waals surface area contributed by atoms with Crippen LogP contribution in [-0.2, 0) is 14.2 Å². The maximum atomic E-state index is 11.9. The molecular formula is C13H17N5O5. The van der Waals surface area contributed by atoms with E-state index in [1.165, 1.54) is 6.33 Å². The van der Waals surface area contributed by atoms with Crippen molar-refractivity contribution >= 4 is 17.1 Å². The van der Waals surface area contributed by atoms with Crippen molar-refractivity contribution in [2.45, 2.75) is 44.2 Å². The van der Waals surface area contributed by atoms with Crippen molar-refractivity contribution in [2.75, 3.05) is 12.3 Å². The van der Waals surface area contributed by atoms with Crippen LogP contribution in [0.4, 0.5) is 5.95 Å². The number of hydrogen-bond acceptors (Lipinski definition) is 8. The van der Waals surface area contributed by atoms with Crippen LogP contribution in [0.15, 0.2) is 11.1 Å². The molecule has 124 valence electrons. The number of nitrogens with one attached hydrogen (secondary N) is 1. The lowest BCUT2D eigenvalue weighted by molar-refractivity contribution is -0.199. The van der Waals surface area contributed by atoms with Crippen LogP contribution >= 0.6 is 0 Å². The molecular weight excluding hydrogens is 306 g/mol. The first kappa shape index (κ1) is 14.6. The molecule has 0 amide bonds. The first-order valence-corrected chi connectivity index (χ1v) is 7.24. The van der Waals surface area contributed by atoms with Crippen molar-refractivity contribution in [1.29, 1.82) is 0 Å². The van der Waals surface area contributed by atoms with Crippen LogP contribution < -0.4 is 11.3 Å². The molecule has 2 fully saturated rings. The topological polar surface area (TPSA) is 138 Å². The molecule has 2 aliphatic rings. The molecule has 0 radical (unpaired) electrons. The van der Waals surface area contributed by atoms with Gasteiger partial charge in [-0.15, -0.1) is 0 Å². The molecule has 4 N–H and O–H groups in total. The minimum Gasteiger partial charge on any atom is -0.394 e. The summed E-state index contributed by atoms with van der Waals surface area (Å²) in [7, 11) is 0. The fourth-order valence-electron chi connectivity index (χ4n) is 3.16. The van der Waals surface area contributed by atoms with Crippen LogP contribution in [0.2, 0.25) is 0 Å². The average molecular weight is 323 g/mol. The third kappa shape index (κ3) is 2.14. The van der Waals surface area contributed by atoms with E-state index in [0.717, 1.165) is 0 Å². The molecule has 0 aromatic carbocycles. The van der Waals surface area contributed by atoms with Crippen molar-refractivity contribution in [3.63, 3.8) is 0 Å². The summed E-state index contributed by atoms with van der Waals surface area (Å²) >= 11 is 0. The molecule has 0 saturated carbocycles. The lowest BCUT2D eigenvalue weighted by Crippen LogP contribution is -2.31. The number of aliphatic hydroxyl groups excluding tert-OH is 1. The highest BCUT2D eigenvalue weighted by Gasteiger charge is 2.55. The summed E-state index contributed by atoms with van der Waals surface area (Å²) in [6.07, 6.45) is -0.595. The van der Waals surface area contributed by atoms with Gasteiger partial charge in [0.05, 0.1) is 12.9 Å². The van der Waals surface area contributed by atoms with Crippen molar-refractivity contribution in [3.8, 4) is 0 Å². The Morgan fingerprint density at radius 3 is 2.91 bits per heavy atom. The number of ether oxygens (including phenoxy) is 3. The summed E-state index contributed by atoms with van der Waals surface area (Å²) in [5.41, 5.74) is 5.63. The Morgan fingerprint density at radius 1 is 1.43 bits per heavy atom. The summed E-state index contributed by atoms with van der Waals surface area (Å²) < 4.78 is 19.1. The number of anilines is 1. The number of aromatic nitrogens is 4. The van der Waals surface area contributed by atoms with E-state index < -0.39 is 35.9 Å². The van der Waals surface area contributed by atoms with Crippen LogP contribution in [0.25, 0.3) is 11.2 Å². The lowest BCUT2D eigenvalue weighted by atomic mass is 10.1. The maximum absolute atomic E-state index is 11.9. The lowest BCUT2D eigenvalue weighted by Gasteiger charge is -2.24. The Kier molecular flexibility index (Phi) is 3.00. The Hall–Kier alpha value is -2.01. The zero-order valence-electron chi connectivity index (χ0n) is 12.6. The average Bonchev–Trinajstić information content (AvgIpc) is 3.09. The van der Waals surface area contributed by atoms with Crippen LogP contribution in [-0.4, -0.2) is 55.3 Å². The Labute approximate surface area is 130 Å². The minimum atomic E-state index is -0.787. The standard InChI is InChI=1S/C13H17N5O5/c1-13(2)22-7-5(3-19)21-11(8(7)23-13)18-4-15-6-9(18)16-12(14)17-10(6)20/h4-5,7-8,11,19H,3H2,1-2H3,(H3,14,16,17,20)/t5-,7-,8-,11-/m1/s1. The number of nitrogens with two attached hydrogens (primary N) is 1. The van der Waals surface area contributed by atoms with Crippen LogP contribution in [0.3, 0.4) is 0 Å². The molecule has 0 aliphatic carbocycles. The highest BCUT2D eigenvalue weighted by atomic mass is 16.8. The van der Waals surface area contributed by atoms with E-state index >= 15 is 0 Å². The van der Waals surface area contributed by atoms with E-state index in [2.05, 4.69) is 15.0 Å². The molecule has 4 heterocycles. The number of rotatable bonds is 2. The van der Waals surface area contributed by atoms with E-state index in [1.54, 1.807) is 18.4 Å². The van der Waals surface area contributed by atoms with Crippen LogP contribution in [0.5, 0.6) is 0 Å². The van der Waals surface area contributed by atoms with E-state index in [9.17, 15) is 9.90 Å². The fraction of sp³-hybridized carbons (Fsp3) is 0.615. The van der Waals surface area contributed by atoms with Gasteiger partial charge in [0.15, 0.2) is 23.2 Å². The number of aromatic amines is 1. The van der Waals surface area contributed by atoms with Gasteiger partial charge in [-0.2, -0.15) is 4.98 Å². The molecule has 2 saturated heterocycles. The van der Waals surface area contributed by atoms with Gasteiger partial charge in [0.1, 0.15) is 18.3 Å². The predicted molar refractivity (Wildman–Crippen MR) is 77.4 cm³/mol. The second-order valence-electron chi connectivity index (χ2n) is 6.09. The Balaban J connectivity index is 1.80. The van der Waals surface area contributed by atoms with E-state index in [4.69, 9.17) is 19.9 Å². The Morgan fingerprint density at radius 2 is 2.17 bits per heavy atom. The third-order valence-electron chi connectivity index (χ3n) is 4.03. The molecule has 23 heavy (non-hydrogen) atoms. The number of hydrogen-bond donors (Lipinski definition) is 3. The molecule has 4 rings (SSSR count). The molecule has 10 heteroatoms. The minimum absolute atomic E-state index is 0.0126. The van der Waals surface area contributed by atoms with Crippen molar-refractivity contribution < 1.29 is 19.3 Å². The Bertz CT molecular complexity index is 815. The first-order chi connectivity index (χ1) is 10.9. The molecule has 4 atom stereocenters. The number of nitrogens with zero attached hydrogens (tertiary/aromatic N) is 3. The molecule has 2 aliphatic heterocycles. The van der Waals surface area contributed by atoms with Gasteiger partial charge in [0, 0.05) is 0 Å². The van der Waals surface area contributed by atoms with Gasteiger partial charge >= 0.3 is 0 Å². The largest absolute Gasteiger partial charge is 0.394 e. The monoisotopic (exact) mass is 323 g/mol. The summed E-state index contributed by atoms with van der Waals surface area (Å²) in [6, 6.07) is 0. The SMILES string of the molecule is CC1(C)O[C@@H]2[C@H](O1)[C@@H](CO)O[C@H]2n1cnc2c(=O)[nH]c(N)nc21. The highest BCUT2D eigenvalue weighted by Crippen LogP contribution is 2.43. The second kappa shape index (κ2) is 4.74. The van der Waals surface area contributed by atoms with Crippen LogP contribution in [0.1, 0.15) is 20.1 Å². The highest BCUT2D eigenvalue weighted by molar-refractivity contribution is 5.70. The van der Waals surface area contributed by atoms with Gasteiger partial charge in [-0.05, 0) is 13.8 Å². The van der Waals surface area contributed by atoms with Crippen molar-refractivity contribution in [2.24, 2.45) is 0 Å². The van der Waals surface area contributed by atoms with Crippen LogP contribution in [0, 0.1) is 0 Å². The molecule has 0 bridgehead atoms. The van der Waals surface area contributed by atoms with Gasteiger partial charge < -0.3 is 25.1 Å². The second-order valence-corrected chi connectivity index (χ2v) is 6.09. The van der Waals surface area contributed by atoms with E-state index in [-0.39, 0.29) is 18.1 Å². The predicted octanol–water partition coefficient (Wildman–Crippen LogP) is -0.888. The number of aliphatic hydroxyl groups is 1. The van der Waals surface area contributed by atoms with Gasteiger partial charge in [-0.3, -0.25) is 14.3 Å². The molecule has 2 aromatic heterocycles. The first-order valence-electron chi connectivity index (χ1n) is 7.24. The van der Waals surface area contributed by atoms with Gasteiger partial charge in [0.25, 0.3) is 5.56 Å². The summed E-state index contributed by atoms with van der Waals surface area (Å²) in [5.74, 6) is -0.799. The quantitative estimate of drug-likeness (QED) is 0.647. The maximum Gasteiger partial charge on any atom is 0.280 e. The number of fused-ring (bicyclic) bond motifs is 2. The molecule has 2 aromatic rings. The van der Waals surface area contributed by atoms with E-state index in [0.29, 0.717) is 5.65 Å². The van der Waals surface area contributed by atoms with E-state index in [1.807, 2.05) is 0 Å². The third-order valence-corrected chi connectivity index (χ3v) is 4.03. The normalized spacial score (nSPS) is 32.5. The number of H-pyrrole nitrogens is 1. The zero-order chi connectivity index (χ0) is 16.4.